The molecule has 1 unspecified atom stereocenters. The van der Waals surface area contributed by atoms with Gasteiger partial charge in [-0.05, 0) is 37.1 Å². The van der Waals surface area contributed by atoms with Gasteiger partial charge in [0.05, 0.1) is 5.02 Å². The van der Waals surface area contributed by atoms with E-state index in [1.54, 1.807) is 0 Å². The molecule has 0 fully saturated rings. The maximum Gasteiger partial charge on any atom is 0.137 e. The van der Waals surface area contributed by atoms with Gasteiger partial charge in [0.25, 0.3) is 0 Å². The van der Waals surface area contributed by atoms with Crippen molar-refractivity contribution in [2.45, 2.75) is 33.7 Å². The van der Waals surface area contributed by atoms with Crippen molar-refractivity contribution < 1.29 is 4.74 Å². The molecule has 1 rings (SSSR count). The Kier molecular flexibility index (Phi) is 5.79. The predicted molar refractivity (Wildman–Crippen MR) is 74.0 cm³/mol. The molecular formula is C14H22ClNO. The first-order valence-electron chi connectivity index (χ1n) is 6.17. The highest BCUT2D eigenvalue weighted by atomic mass is 35.5. The van der Waals surface area contributed by atoms with Gasteiger partial charge in [-0.1, -0.05) is 38.4 Å². The maximum atomic E-state index is 6.12. The van der Waals surface area contributed by atoms with Crippen molar-refractivity contribution in [1.29, 1.82) is 0 Å². The Hall–Kier alpha value is -0.730. The van der Waals surface area contributed by atoms with E-state index in [-0.39, 0.29) is 0 Å². The number of halogens is 1. The number of nitrogens with one attached hydrogen (secondary N) is 1. The van der Waals surface area contributed by atoms with Crippen LogP contribution in [0.1, 0.15) is 26.3 Å². The molecule has 0 aliphatic heterocycles. The van der Waals surface area contributed by atoms with Crippen LogP contribution in [0.5, 0.6) is 5.75 Å². The van der Waals surface area contributed by atoms with Gasteiger partial charge < -0.3 is 10.1 Å². The van der Waals surface area contributed by atoms with Crippen LogP contribution in [0.2, 0.25) is 5.02 Å². The molecule has 1 N–H and O–H groups in total. The third-order valence-corrected chi connectivity index (χ3v) is 3.07. The molecule has 17 heavy (non-hydrogen) atoms. The summed E-state index contributed by atoms with van der Waals surface area (Å²) in [7, 11) is 0. The normalized spacial score (nSPS) is 12.8. The molecule has 0 aromatic heterocycles. The monoisotopic (exact) mass is 255 g/mol. The quantitative estimate of drug-likeness (QED) is 0.838. The fourth-order valence-corrected chi connectivity index (χ4v) is 1.94. The van der Waals surface area contributed by atoms with Gasteiger partial charge in [0.1, 0.15) is 12.4 Å². The summed E-state index contributed by atoms with van der Waals surface area (Å²) in [4.78, 5) is 0. The highest BCUT2D eigenvalue weighted by molar-refractivity contribution is 6.32. The summed E-state index contributed by atoms with van der Waals surface area (Å²) in [6.07, 6.45) is 0. The van der Waals surface area contributed by atoms with E-state index < -0.39 is 0 Å². The van der Waals surface area contributed by atoms with Crippen molar-refractivity contribution >= 4 is 11.6 Å². The van der Waals surface area contributed by atoms with E-state index in [2.05, 4.69) is 26.1 Å². The summed E-state index contributed by atoms with van der Waals surface area (Å²) >= 11 is 6.12. The van der Waals surface area contributed by atoms with Gasteiger partial charge in [0, 0.05) is 6.04 Å². The molecule has 0 aliphatic rings. The van der Waals surface area contributed by atoms with Crippen LogP contribution in [0, 0.1) is 12.8 Å². The second-order valence-electron chi connectivity index (χ2n) is 4.65. The number of aryl methyl sites for hydroxylation is 1. The third-order valence-electron chi connectivity index (χ3n) is 2.78. The van der Waals surface area contributed by atoms with Crippen molar-refractivity contribution in [2.75, 3.05) is 13.2 Å². The SMILES string of the molecule is CCNC(COc1ccc(C)cc1Cl)C(C)C. The standard InChI is InChI=1S/C14H22ClNO/c1-5-16-13(10(2)3)9-17-14-7-6-11(4)8-12(14)15/h6-8,10,13,16H,5,9H2,1-4H3. The molecular weight excluding hydrogens is 234 g/mol. The molecule has 0 heterocycles. The molecule has 0 bridgehead atoms. The Labute approximate surface area is 109 Å². The lowest BCUT2D eigenvalue weighted by molar-refractivity contribution is 0.232. The zero-order chi connectivity index (χ0) is 12.8. The van der Waals surface area contributed by atoms with Gasteiger partial charge in [-0.15, -0.1) is 0 Å². The van der Waals surface area contributed by atoms with Crippen LogP contribution >= 0.6 is 11.6 Å². The topological polar surface area (TPSA) is 21.3 Å². The lowest BCUT2D eigenvalue weighted by atomic mass is 10.1. The van der Waals surface area contributed by atoms with Crippen molar-refractivity contribution in [3.05, 3.63) is 28.8 Å². The maximum absolute atomic E-state index is 6.12. The van der Waals surface area contributed by atoms with E-state index in [0.717, 1.165) is 17.9 Å². The predicted octanol–water partition coefficient (Wildman–Crippen LogP) is 3.66. The Balaban J connectivity index is 2.59. The minimum atomic E-state index is 0.359. The molecule has 0 saturated carbocycles. The summed E-state index contributed by atoms with van der Waals surface area (Å²) < 4.78 is 5.77. The van der Waals surface area contributed by atoms with E-state index in [1.165, 1.54) is 0 Å². The molecule has 0 spiro atoms. The number of ether oxygens (including phenoxy) is 1. The first-order valence-corrected chi connectivity index (χ1v) is 6.54. The summed E-state index contributed by atoms with van der Waals surface area (Å²) in [5.41, 5.74) is 1.15. The largest absolute Gasteiger partial charge is 0.490 e. The fourth-order valence-electron chi connectivity index (χ4n) is 1.65. The number of hydrogen-bond donors (Lipinski definition) is 1. The molecule has 1 aromatic carbocycles. The number of hydrogen-bond acceptors (Lipinski definition) is 2. The lowest BCUT2D eigenvalue weighted by Crippen LogP contribution is -2.38. The zero-order valence-electron chi connectivity index (χ0n) is 11.1. The van der Waals surface area contributed by atoms with Crippen LogP contribution in [-0.2, 0) is 0 Å². The first-order chi connectivity index (χ1) is 8.04. The van der Waals surface area contributed by atoms with Gasteiger partial charge in [0.15, 0.2) is 0 Å². The van der Waals surface area contributed by atoms with E-state index in [1.807, 2.05) is 25.1 Å². The van der Waals surface area contributed by atoms with E-state index >= 15 is 0 Å². The minimum absolute atomic E-state index is 0.359. The summed E-state index contributed by atoms with van der Waals surface area (Å²) in [5.74, 6) is 1.31. The Morgan fingerprint density at radius 2 is 2.06 bits per heavy atom. The van der Waals surface area contributed by atoms with Crippen molar-refractivity contribution in [2.24, 2.45) is 5.92 Å². The molecule has 1 atom stereocenters. The number of likely N-dealkylation sites (N-methyl/N-ethyl adjacent to an activating group) is 1. The summed E-state index contributed by atoms with van der Waals surface area (Å²) in [6.45, 7) is 10.1. The van der Waals surface area contributed by atoms with Gasteiger partial charge in [-0.25, -0.2) is 0 Å². The smallest absolute Gasteiger partial charge is 0.137 e. The molecule has 1 aromatic rings. The van der Waals surface area contributed by atoms with E-state index in [4.69, 9.17) is 16.3 Å². The van der Waals surface area contributed by atoms with Crippen LogP contribution in [-0.4, -0.2) is 19.2 Å². The first kappa shape index (κ1) is 14.3. The van der Waals surface area contributed by atoms with E-state index in [9.17, 15) is 0 Å². The molecule has 0 aliphatic carbocycles. The fraction of sp³-hybridized carbons (Fsp3) is 0.571. The third kappa shape index (κ3) is 4.57. The highest BCUT2D eigenvalue weighted by Crippen LogP contribution is 2.25. The van der Waals surface area contributed by atoms with Crippen LogP contribution in [0.15, 0.2) is 18.2 Å². The highest BCUT2D eigenvalue weighted by Gasteiger charge is 2.13. The average molecular weight is 256 g/mol. The van der Waals surface area contributed by atoms with Crippen LogP contribution < -0.4 is 10.1 Å². The van der Waals surface area contributed by atoms with Crippen LogP contribution in [0.3, 0.4) is 0 Å². The Bertz CT molecular complexity index is 352. The molecule has 2 nitrogen and oxygen atoms in total. The average Bonchev–Trinajstić information content (AvgIpc) is 2.25. The summed E-state index contributed by atoms with van der Waals surface area (Å²) in [5, 5.41) is 4.10. The Morgan fingerprint density at radius 1 is 1.35 bits per heavy atom. The summed E-state index contributed by atoms with van der Waals surface area (Å²) in [6, 6.07) is 6.23. The van der Waals surface area contributed by atoms with Gasteiger partial charge in [0.2, 0.25) is 0 Å². The second kappa shape index (κ2) is 6.87. The Morgan fingerprint density at radius 3 is 2.59 bits per heavy atom. The lowest BCUT2D eigenvalue weighted by Gasteiger charge is -2.22. The zero-order valence-corrected chi connectivity index (χ0v) is 11.8. The van der Waals surface area contributed by atoms with Gasteiger partial charge in [-0.3, -0.25) is 0 Å². The number of benzene rings is 1. The van der Waals surface area contributed by atoms with Crippen molar-refractivity contribution in [1.82, 2.24) is 5.32 Å². The van der Waals surface area contributed by atoms with Crippen molar-refractivity contribution in [3.63, 3.8) is 0 Å². The van der Waals surface area contributed by atoms with Gasteiger partial charge in [-0.2, -0.15) is 0 Å². The van der Waals surface area contributed by atoms with E-state index in [0.29, 0.717) is 23.6 Å². The van der Waals surface area contributed by atoms with Crippen molar-refractivity contribution in [3.8, 4) is 5.75 Å². The molecule has 0 radical (unpaired) electrons. The molecule has 0 amide bonds. The van der Waals surface area contributed by atoms with Gasteiger partial charge >= 0.3 is 0 Å². The van der Waals surface area contributed by atoms with Crippen LogP contribution in [0.4, 0.5) is 0 Å². The molecule has 96 valence electrons. The minimum Gasteiger partial charge on any atom is -0.490 e. The molecule has 3 heteroatoms. The molecule has 0 saturated heterocycles. The van der Waals surface area contributed by atoms with Crippen LogP contribution in [0.25, 0.3) is 0 Å². The number of rotatable bonds is 6. The second-order valence-corrected chi connectivity index (χ2v) is 5.06.